The molecule has 0 bridgehead atoms. The number of fused-ring (bicyclic) bond motifs is 3. The predicted octanol–water partition coefficient (Wildman–Crippen LogP) is 3.03. The molecule has 4 atom stereocenters. The summed E-state index contributed by atoms with van der Waals surface area (Å²) in [7, 11) is 1.42. The number of ketones is 2. The number of aromatic hydroxyl groups is 1. The highest BCUT2D eigenvalue weighted by Crippen LogP contribution is 2.55. The second kappa shape index (κ2) is 9.41. The number of methoxy groups -OCH3 is 1. The minimum Gasteiger partial charge on any atom is -0.504 e. The number of hydrogen-bond acceptors (Lipinski definition) is 7. The number of rotatable bonds is 6. The lowest BCUT2D eigenvalue weighted by Gasteiger charge is -2.42. The van der Waals surface area contributed by atoms with Crippen molar-refractivity contribution in [1.82, 2.24) is 4.90 Å². The zero-order valence-electron chi connectivity index (χ0n) is 19.9. The molecule has 0 spiro atoms. The van der Waals surface area contributed by atoms with Crippen molar-refractivity contribution >= 4 is 45.3 Å². The van der Waals surface area contributed by atoms with Crippen molar-refractivity contribution < 1.29 is 38.9 Å². The molecule has 10 heteroatoms. The summed E-state index contributed by atoms with van der Waals surface area (Å²) in [4.78, 5) is 65.2. The highest BCUT2D eigenvalue weighted by molar-refractivity contribution is 9.12. The van der Waals surface area contributed by atoms with Gasteiger partial charge in [0.2, 0.25) is 11.8 Å². The summed E-state index contributed by atoms with van der Waals surface area (Å²) in [6, 6.07) is 4.79. The Hall–Kier alpha value is -3.53. The molecule has 192 valence electrons. The molecule has 3 aliphatic carbocycles. The Morgan fingerprint density at radius 3 is 2.59 bits per heavy atom. The molecule has 4 aliphatic rings. The molecule has 2 N–H and O–H groups in total. The molecule has 1 aromatic rings. The summed E-state index contributed by atoms with van der Waals surface area (Å²) in [6.45, 7) is 0.0223. The number of carboxylic acid groups (broad SMARTS) is 1. The first-order valence-electron chi connectivity index (χ1n) is 12.0. The van der Waals surface area contributed by atoms with Crippen LogP contribution >= 0.6 is 15.9 Å². The molecule has 0 radical (unpaired) electrons. The van der Waals surface area contributed by atoms with E-state index in [1.165, 1.54) is 19.3 Å². The number of hydrogen-bond donors (Lipinski definition) is 2. The fraction of sp³-hybridized carbons (Fsp3) is 0.370. The minimum atomic E-state index is -1.00. The second-order valence-corrected chi connectivity index (χ2v) is 10.5. The quantitative estimate of drug-likeness (QED) is 0.303. The Morgan fingerprint density at radius 1 is 1.16 bits per heavy atom. The highest BCUT2D eigenvalue weighted by atomic mass is 79.9. The molecule has 1 heterocycles. The number of nitrogens with zero attached hydrogens (tertiary/aromatic N) is 1. The van der Waals surface area contributed by atoms with E-state index in [0.717, 1.165) is 10.5 Å². The Morgan fingerprint density at radius 2 is 1.92 bits per heavy atom. The van der Waals surface area contributed by atoms with Crippen LogP contribution in [0.4, 0.5) is 0 Å². The monoisotopic (exact) mass is 569 g/mol. The standard InChI is InChI=1S/C27H24BrNO8/c1-37-20-7-4-12(9-18(20)30)22-13-5-6-14-23(27(36)29(26(14)35)8-2-3-21(32)33)15(13)10-16-24(22)19(31)11-17(28)25(16)34/h4-5,7,9,11,14-15,22-23,30H,2-3,6,8,10H2,1H3,(H,32,33). The normalized spacial score (nSPS) is 26.9. The number of Topliss-reactive ketones (excluding diaryl/α,β-unsaturated/α-hetero) is 1. The van der Waals surface area contributed by atoms with Gasteiger partial charge < -0.3 is 14.9 Å². The van der Waals surface area contributed by atoms with E-state index in [9.17, 15) is 29.1 Å². The lowest BCUT2D eigenvalue weighted by molar-refractivity contribution is -0.142. The van der Waals surface area contributed by atoms with Crippen LogP contribution in [0.1, 0.15) is 37.2 Å². The van der Waals surface area contributed by atoms with Crippen LogP contribution < -0.4 is 4.74 Å². The van der Waals surface area contributed by atoms with Gasteiger partial charge in [0.1, 0.15) is 0 Å². The summed E-state index contributed by atoms with van der Waals surface area (Å²) in [5, 5.41) is 19.4. The van der Waals surface area contributed by atoms with E-state index in [1.54, 1.807) is 12.1 Å². The van der Waals surface area contributed by atoms with Crippen LogP contribution in [0, 0.1) is 17.8 Å². The number of imide groups is 1. The van der Waals surface area contributed by atoms with Crippen LogP contribution in [0.2, 0.25) is 0 Å². The number of benzene rings is 1. The van der Waals surface area contributed by atoms with E-state index in [1.807, 2.05) is 6.08 Å². The number of halogens is 1. The molecule has 1 fully saturated rings. The van der Waals surface area contributed by atoms with Gasteiger partial charge in [-0.3, -0.25) is 28.9 Å². The van der Waals surface area contributed by atoms with E-state index < -0.39 is 29.6 Å². The molecule has 0 saturated carbocycles. The molecule has 0 aromatic heterocycles. The van der Waals surface area contributed by atoms with Gasteiger partial charge in [0.05, 0.1) is 23.4 Å². The number of carbonyl (C=O) groups excluding carboxylic acids is 4. The number of aliphatic carboxylic acids is 1. The highest BCUT2D eigenvalue weighted by Gasteiger charge is 2.56. The Labute approximate surface area is 220 Å². The third-order valence-electron chi connectivity index (χ3n) is 7.73. The molecule has 4 unspecified atom stereocenters. The molecular weight excluding hydrogens is 546 g/mol. The maximum absolute atomic E-state index is 13.5. The van der Waals surface area contributed by atoms with Gasteiger partial charge in [-0.1, -0.05) is 17.7 Å². The summed E-state index contributed by atoms with van der Waals surface area (Å²) < 4.78 is 5.29. The van der Waals surface area contributed by atoms with Gasteiger partial charge in [0.15, 0.2) is 23.1 Å². The van der Waals surface area contributed by atoms with Gasteiger partial charge in [0.25, 0.3) is 0 Å². The fourth-order valence-corrected chi connectivity index (χ4v) is 6.59. The molecule has 5 rings (SSSR count). The topological polar surface area (TPSA) is 138 Å². The van der Waals surface area contributed by atoms with Crippen molar-refractivity contribution in [2.45, 2.75) is 31.6 Å². The van der Waals surface area contributed by atoms with Crippen molar-refractivity contribution in [1.29, 1.82) is 0 Å². The van der Waals surface area contributed by atoms with Crippen molar-refractivity contribution in [3.8, 4) is 11.5 Å². The van der Waals surface area contributed by atoms with Crippen LogP contribution in [-0.4, -0.2) is 58.1 Å². The van der Waals surface area contributed by atoms with E-state index in [-0.39, 0.29) is 65.2 Å². The van der Waals surface area contributed by atoms with E-state index in [2.05, 4.69) is 15.9 Å². The number of phenolic OH excluding ortho intramolecular Hbond substituents is 1. The molecule has 37 heavy (non-hydrogen) atoms. The lowest BCUT2D eigenvalue weighted by Crippen LogP contribution is -2.39. The predicted molar refractivity (Wildman–Crippen MR) is 133 cm³/mol. The number of carbonyl (C=O) groups is 5. The summed E-state index contributed by atoms with van der Waals surface area (Å²) >= 11 is 3.19. The van der Waals surface area contributed by atoms with Gasteiger partial charge in [0, 0.05) is 36.1 Å². The number of amides is 2. The fourth-order valence-electron chi connectivity index (χ4n) is 6.15. The number of ether oxygens (including phenoxy) is 1. The summed E-state index contributed by atoms with van der Waals surface area (Å²) in [5.41, 5.74) is 1.95. The van der Waals surface area contributed by atoms with Crippen molar-refractivity contribution in [3.63, 3.8) is 0 Å². The van der Waals surface area contributed by atoms with Crippen LogP contribution in [0.15, 0.2) is 51.6 Å². The Kier molecular flexibility index (Phi) is 6.39. The van der Waals surface area contributed by atoms with Gasteiger partial charge in [-0.2, -0.15) is 0 Å². The van der Waals surface area contributed by atoms with Gasteiger partial charge >= 0.3 is 5.97 Å². The zero-order valence-corrected chi connectivity index (χ0v) is 21.5. The lowest BCUT2D eigenvalue weighted by atomic mass is 9.59. The largest absolute Gasteiger partial charge is 0.504 e. The van der Waals surface area contributed by atoms with Crippen LogP contribution in [0.3, 0.4) is 0 Å². The summed E-state index contributed by atoms with van der Waals surface area (Å²) in [6.07, 6.45) is 3.56. The maximum atomic E-state index is 13.5. The molecule has 1 aromatic carbocycles. The van der Waals surface area contributed by atoms with Crippen LogP contribution in [0.25, 0.3) is 0 Å². The number of carboxylic acids is 1. The Bertz CT molecular complexity index is 1360. The van der Waals surface area contributed by atoms with E-state index in [0.29, 0.717) is 23.1 Å². The third kappa shape index (κ3) is 4.03. The van der Waals surface area contributed by atoms with Gasteiger partial charge in [-0.25, -0.2) is 0 Å². The molecular formula is C27H24BrNO8. The second-order valence-electron chi connectivity index (χ2n) is 9.65. The first-order valence-corrected chi connectivity index (χ1v) is 12.8. The van der Waals surface area contributed by atoms with E-state index in [4.69, 9.17) is 9.84 Å². The molecule has 1 saturated heterocycles. The maximum Gasteiger partial charge on any atom is 0.303 e. The molecule has 9 nitrogen and oxygen atoms in total. The molecule has 1 aliphatic heterocycles. The first-order chi connectivity index (χ1) is 17.6. The van der Waals surface area contributed by atoms with Gasteiger partial charge in [-0.05, 0) is 58.8 Å². The minimum absolute atomic E-state index is 0.0223. The molecule has 2 amide bonds. The zero-order chi connectivity index (χ0) is 26.6. The summed E-state index contributed by atoms with van der Waals surface area (Å²) in [5.74, 6) is -4.74. The third-order valence-corrected chi connectivity index (χ3v) is 8.32. The van der Waals surface area contributed by atoms with E-state index >= 15 is 0 Å². The number of phenols is 1. The SMILES string of the molecule is COc1ccc(C2C3=CCC4C(=O)N(CCCC(=O)O)C(=O)C4C3CC3=C2C(=O)C=C(Br)C3=O)cc1O. The smallest absolute Gasteiger partial charge is 0.303 e. The van der Waals surface area contributed by atoms with Gasteiger partial charge in [-0.15, -0.1) is 0 Å². The number of allylic oxidation sites excluding steroid dienone is 6. The van der Waals surface area contributed by atoms with Crippen molar-refractivity contribution in [2.75, 3.05) is 13.7 Å². The number of likely N-dealkylation sites (tertiary alicyclic amines) is 1. The average molecular weight is 570 g/mol. The van der Waals surface area contributed by atoms with Crippen molar-refractivity contribution in [2.24, 2.45) is 17.8 Å². The average Bonchev–Trinajstić information content (AvgIpc) is 3.10. The van der Waals surface area contributed by atoms with Crippen molar-refractivity contribution in [3.05, 3.63) is 57.1 Å². The van der Waals surface area contributed by atoms with Crippen LogP contribution in [-0.2, 0) is 24.0 Å². The van der Waals surface area contributed by atoms with Crippen LogP contribution in [0.5, 0.6) is 11.5 Å². The Balaban J connectivity index is 1.58. The first kappa shape index (κ1) is 25.1.